The van der Waals surface area contributed by atoms with Crippen LogP contribution in [0.15, 0.2) is 5.11 Å². The molecule has 0 aliphatic rings. The minimum absolute atomic E-state index is 0.302. The van der Waals surface area contributed by atoms with Gasteiger partial charge in [-0.15, -0.1) is 0 Å². The SMILES string of the molecule is CC(=O)CC(C)C(C)C.CC(C)C(C)CC(C)(O)N=[N+]=[N-]. The lowest BCUT2D eigenvalue weighted by Crippen LogP contribution is -2.25. The molecular formula is C16H33N3O2. The molecule has 0 saturated carbocycles. The number of ketones is 1. The fourth-order valence-electron chi connectivity index (χ4n) is 1.67. The highest BCUT2D eigenvalue weighted by Crippen LogP contribution is 2.23. The normalized spacial score (nSPS) is 16.3. The van der Waals surface area contributed by atoms with Gasteiger partial charge >= 0.3 is 0 Å². The third kappa shape index (κ3) is 13.7. The average molecular weight is 299 g/mol. The summed E-state index contributed by atoms with van der Waals surface area (Å²) >= 11 is 0. The lowest BCUT2D eigenvalue weighted by molar-refractivity contribution is -0.118. The Balaban J connectivity index is 0. The Kier molecular flexibility index (Phi) is 11.3. The maximum absolute atomic E-state index is 10.6. The molecular weight excluding hydrogens is 266 g/mol. The Morgan fingerprint density at radius 1 is 1.14 bits per heavy atom. The van der Waals surface area contributed by atoms with Crippen LogP contribution in [-0.2, 0) is 4.79 Å². The molecule has 1 N–H and O–H groups in total. The number of Topliss-reactive ketones (excluding diaryl/α,β-unsaturated/α-hetero) is 1. The smallest absolute Gasteiger partial charge is 0.141 e. The largest absolute Gasteiger partial charge is 0.384 e. The lowest BCUT2D eigenvalue weighted by Gasteiger charge is -2.23. The second-order valence-corrected chi connectivity index (χ2v) is 6.96. The van der Waals surface area contributed by atoms with Gasteiger partial charge < -0.3 is 9.90 Å². The molecule has 124 valence electrons. The summed E-state index contributed by atoms with van der Waals surface area (Å²) in [5.41, 5.74) is 6.91. The molecule has 0 aromatic heterocycles. The van der Waals surface area contributed by atoms with E-state index in [0.717, 1.165) is 6.42 Å². The Hall–Kier alpha value is -1.06. The Bertz CT molecular complexity index is 345. The second-order valence-electron chi connectivity index (χ2n) is 6.96. The van der Waals surface area contributed by atoms with E-state index in [1.54, 1.807) is 6.92 Å². The van der Waals surface area contributed by atoms with Gasteiger partial charge in [-0.3, -0.25) is 0 Å². The van der Waals surface area contributed by atoms with E-state index in [1.165, 1.54) is 6.92 Å². The maximum Gasteiger partial charge on any atom is 0.141 e. The molecule has 0 aliphatic heterocycles. The zero-order valence-electron chi connectivity index (χ0n) is 14.9. The summed E-state index contributed by atoms with van der Waals surface area (Å²) < 4.78 is 0. The van der Waals surface area contributed by atoms with Crippen molar-refractivity contribution in [3.63, 3.8) is 0 Å². The van der Waals surface area contributed by atoms with Crippen molar-refractivity contribution in [1.29, 1.82) is 0 Å². The van der Waals surface area contributed by atoms with Crippen molar-refractivity contribution < 1.29 is 9.90 Å². The molecule has 0 aromatic carbocycles. The lowest BCUT2D eigenvalue weighted by atomic mass is 9.90. The van der Waals surface area contributed by atoms with Gasteiger partial charge in [0.1, 0.15) is 11.5 Å². The number of aliphatic hydroxyl groups is 1. The predicted molar refractivity (Wildman–Crippen MR) is 87.7 cm³/mol. The van der Waals surface area contributed by atoms with E-state index in [0.29, 0.717) is 35.9 Å². The van der Waals surface area contributed by atoms with Gasteiger partial charge in [-0.05, 0) is 49.5 Å². The molecule has 0 aliphatic carbocycles. The van der Waals surface area contributed by atoms with Crippen molar-refractivity contribution in [3.05, 3.63) is 10.4 Å². The quantitative estimate of drug-likeness (QED) is 0.410. The van der Waals surface area contributed by atoms with Crippen molar-refractivity contribution in [1.82, 2.24) is 0 Å². The molecule has 21 heavy (non-hydrogen) atoms. The van der Waals surface area contributed by atoms with E-state index < -0.39 is 5.72 Å². The van der Waals surface area contributed by atoms with Crippen molar-refractivity contribution in [3.8, 4) is 0 Å². The van der Waals surface area contributed by atoms with E-state index >= 15 is 0 Å². The first-order valence-corrected chi connectivity index (χ1v) is 7.71. The van der Waals surface area contributed by atoms with Gasteiger partial charge in [-0.25, -0.2) is 0 Å². The standard InChI is InChI=1S/C8H17N3O.C8H16O/c1-6(2)7(3)5-8(4,12)10-11-9;1-6(2)7(3)5-8(4)9/h6-7,12H,5H2,1-4H3;6-7H,5H2,1-4H3. The molecule has 0 spiro atoms. The molecule has 5 heteroatoms. The monoisotopic (exact) mass is 299 g/mol. The van der Waals surface area contributed by atoms with E-state index in [9.17, 15) is 9.90 Å². The van der Waals surface area contributed by atoms with Crippen LogP contribution in [0.5, 0.6) is 0 Å². The van der Waals surface area contributed by atoms with Crippen LogP contribution < -0.4 is 0 Å². The summed E-state index contributed by atoms with van der Waals surface area (Å²) in [5.74, 6) is 2.32. The molecule has 0 aromatic rings. The van der Waals surface area contributed by atoms with E-state index in [2.05, 4.69) is 44.6 Å². The van der Waals surface area contributed by atoms with Crippen LogP contribution in [0.2, 0.25) is 0 Å². The first-order valence-electron chi connectivity index (χ1n) is 7.71. The molecule has 0 fully saturated rings. The molecule has 0 rings (SSSR count). The number of hydrogen-bond donors (Lipinski definition) is 1. The maximum atomic E-state index is 10.6. The summed E-state index contributed by atoms with van der Waals surface area (Å²) in [7, 11) is 0. The minimum Gasteiger partial charge on any atom is -0.384 e. The Morgan fingerprint density at radius 2 is 1.57 bits per heavy atom. The number of carbonyl (C=O) groups excluding carboxylic acids is 1. The molecule has 0 amide bonds. The zero-order valence-corrected chi connectivity index (χ0v) is 14.9. The summed E-state index contributed by atoms with van der Waals surface area (Å²) in [6.07, 6.45) is 1.24. The van der Waals surface area contributed by atoms with E-state index in [1.807, 2.05) is 6.92 Å². The highest BCUT2D eigenvalue weighted by molar-refractivity contribution is 5.75. The Labute approximate surface area is 129 Å². The fourth-order valence-corrected chi connectivity index (χ4v) is 1.67. The summed E-state index contributed by atoms with van der Waals surface area (Å²) in [6.45, 7) is 15.8. The van der Waals surface area contributed by atoms with E-state index in [-0.39, 0.29) is 0 Å². The first kappa shape index (κ1) is 22.2. The topological polar surface area (TPSA) is 86.1 Å². The van der Waals surface area contributed by atoms with Crippen molar-refractivity contribution in [2.24, 2.45) is 28.8 Å². The molecule has 5 nitrogen and oxygen atoms in total. The fraction of sp³-hybridized carbons (Fsp3) is 0.938. The van der Waals surface area contributed by atoms with Crippen molar-refractivity contribution in [2.75, 3.05) is 0 Å². The van der Waals surface area contributed by atoms with Crippen LogP contribution in [0.4, 0.5) is 0 Å². The van der Waals surface area contributed by atoms with Gasteiger partial charge in [0.15, 0.2) is 0 Å². The first-order chi connectivity index (χ1) is 9.42. The summed E-state index contributed by atoms with van der Waals surface area (Å²) in [5, 5.41) is 12.8. The van der Waals surface area contributed by atoms with Gasteiger partial charge in [0, 0.05) is 11.3 Å². The van der Waals surface area contributed by atoms with E-state index in [4.69, 9.17) is 5.53 Å². The van der Waals surface area contributed by atoms with Crippen LogP contribution in [0.25, 0.3) is 10.4 Å². The predicted octanol–water partition coefficient (Wildman–Crippen LogP) is 4.95. The van der Waals surface area contributed by atoms with Gasteiger partial charge in [0.2, 0.25) is 0 Å². The molecule has 0 heterocycles. The van der Waals surface area contributed by atoms with Gasteiger partial charge in [-0.2, -0.15) is 0 Å². The molecule has 3 atom stereocenters. The third-order valence-electron chi connectivity index (χ3n) is 3.85. The second kappa shape index (κ2) is 10.6. The molecule has 0 radical (unpaired) electrons. The Morgan fingerprint density at radius 3 is 1.81 bits per heavy atom. The van der Waals surface area contributed by atoms with Gasteiger partial charge in [-0.1, -0.05) is 46.7 Å². The molecule has 0 saturated heterocycles. The number of azide groups is 1. The summed E-state index contributed by atoms with van der Waals surface area (Å²) in [4.78, 5) is 13.2. The van der Waals surface area contributed by atoms with Crippen LogP contribution in [0.1, 0.15) is 68.2 Å². The summed E-state index contributed by atoms with van der Waals surface area (Å²) in [6, 6.07) is 0. The number of rotatable bonds is 7. The molecule has 0 bridgehead atoms. The van der Waals surface area contributed by atoms with Crippen molar-refractivity contribution >= 4 is 5.78 Å². The average Bonchev–Trinajstić information content (AvgIpc) is 2.27. The van der Waals surface area contributed by atoms with Crippen LogP contribution >= 0.6 is 0 Å². The minimum atomic E-state index is -1.24. The van der Waals surface area contributed by atoms with Crippen LogP contribution in [0, 0.1) is 23.7 Å². The number of nitrogens with zero attached hydrogens (tertiary/aromatic N) is 3. The van der Waals surface area contributed by atoms with Gasteiger partial charge in [0.25, 0.3) is 0 Å². The molecule has 3 unspecified atom stereocenters. The number of hydrogen-bond acceptors (Lipinski definition) is 3. The third-order valence-corrected chi connectivity index (χ3v) is 3.85. The zero-order chi connectivity index (χ0) is 17.2. The van der Waals surface area contributed by atoms with Crippen molar-refractivity contribution in [2.45, 2.75) is 74.0 Å². The highest BCUT2D eigenvalue weighted by Gasteiger charge is 2.22. The highest BCUT2D eigenvalue weighted by atomic mass is 16.3. The number of carbonyl (C=O) groups is 1. The van der Waals surface area contributed by atoms with Crippen LogP contribution in [-0.4, -0.2) is 16.6 Å². The van der Waals surface area contributed by atoms with Crippen LogP contribution in [0.3, 0.4) is 0 Å². The van der Waals surface area contributed by atoms with Gasteiger partial charge in [0.05, 0.1) is 0 Å².